The Morgan fingerprint density at radius 3 is 2.52 bits per heavy atom. The summed E-state index contributed by atoms with van der Waals surface area (Å²) in [5.74, 6) is -0.953. The highest BCUT2D eigenvalue weighted by Crippen LogP contribution is 2.56. The minimum atomic E-state index is -1.42. The molecule has 9 nitrogen and oxygen atoms in total. The predicted octanol–water partition coefficient (Wildman–Crippen LogP) is 2.55. The molecule has 33 heavy (non-hydrogen) atoms. The number of ether oxygens (including phenoxy) is 1. The molecule has 2 aliphatic heterocycles. The highest BCUT2D eigenvalue weighted by atomic mass is 32.2. The molecule has 0 spiro atoms. The molecule has 2 fully saturated rings. The summed E-state index contributed by atoms with van der Waals surface area (Å²) in [7, 11) is 0. The lowest BCUT2D eigenvalue weighted by atomic mass is 9.85. The van der Waals surface area contributed by atoms with E-state index in [4.69, 9.17) is 4.74 Å². The zero-order valence-corrected chi connectivity index (χ0v) is 18.9. The lowest BCUT2D eigenvalue weighted by molar-refractivity contribution is -0.384. The zero-order valence-electron chi connectivity index (χ0n) is 18.1. The maximum absolute atomic E-state index is 13.2. The maximum Gasteiger partial charge on any atom is 0.330 e. The molecule has 1 unspecified atom stereocenters. The number of benzene rings is 2. The van der Waals surface area contributed by atoms with Crippen LogP contribution in [0.4, 0.5) is 5.69 Å². The Kier molecular flexibility index (Phi) is 5.98. The van der Waals surface area contributed by atoms with Crippen molar-refractivity contribution in [3.05, 3.63) is 75.8 Å². The van der Waals surface area contributed by atoms with Crippen LogP contribution >= 0.6 is 11.8 Å². The summed E-state index contributed by atoms with van der Waals surface area (Å²) in [6.45, 7) is 3.30. The zero-order chi connectivity index (χ0) is 23.8. The van der Waals surface area contributed by atoms with Gasteiger partial charge in [-0.05, 0) is 37.1 Å². The van der Waals surface area contributed by atoms with Crippen LogP contribution in [0.15, 0.2) is 59.6 Å². The van der Waals surface area contributed by atoms with Crippen LogP contribution in [0, 0.1) is 10.1 Å². The van der Waals surface area contributed by atoms with Crippen molar-refractivity contribution in [1.82, 2.24) is 4.90 Å². The third kappa shape index (κ3) is 4.00. The highest BCUT2D eigenvalue weighted by Gasteiger charge is 2.71. The lowest BCUT2D eigenvalue weighted by Crippen LogP contribution is -2.74. The number of carbonyl (C=O) groups is 2. The van der Waals surface area contributed by atoms with Crippen LogP contribution in [0.3, 0.4) is 0 Å². The fourth-order valence-corrected chi connectivity index (χ4v) is 5.75. The molecule has 2 saturated heterocycles. The molecule has 172 valence electrons. The smallest absolute Gasteiger partial charge is 0.330 e. The first-order valence-corrected chi connectivity index (χ1v) is 11.2. The van der Waals surface area contributed by atoms with Gasteiger partial charge in [-0.2, -0.15) is 0 Å². The number of aliphatic hydroxyl groups is 1. The molecule has 0 bridgehead atoms. The molecule has 0 radical (unpaired) electrons. The Morgan fingerprint density at radius 1 is 1.24 bits per heavy atom. The van der Waals surface area contributed by atoms with Crippen LogP contribution < -0.4 is 0 Å². The first kappa shape index (κ1) is 22.9. The van der Waals surface area contributed by atoms with Crippen molar-refractivity contribution in [3.8, 4) is 0 Å². The minimum absolute atomic E-state index is 0.0557. The van der Waals surface area contributed by atoms with E-state index in [1.165, 1.54) is 47.1 Å². The first-order valence-electron chi connectivity index (χ1n) is 10.3. The number of fused-ring (bicyclic) bond motifs is 1. The van der Waals surface area contributed by atoms with Crippen LogP contribution in [0.1, 0.15) is 25.0 Å². The molecule has 10 heteroatoms. The van der Waals surface area contributed by atoms with Gasteiger partial charge < -0.3 is 14.7 Å². The normalized spacial score (nSPS) is 25.5. The van der Waals surface area contributed by atoms with Crippen LogP contribution in [-0.4, -0.2) is 61.3 Å². The molecular formula is C23H23N3O6S. The van der Waals surface area contributed by atoms with Crippen molar-refractivity contribution >= 4 is 35.5 Å². The van der Waals surface area contributed by atoms with E-state index in [0.29, 0.717) is 5.56 Å². The van der Waals surface area contributed by atoms with E-state index < -0.39 is 45.1 Å². The van der Waals surface area contributed by atoms with Crippen molar-refractivity contribution in [2.24, 2.45) is 4.99 Å². The van der Waals surface area contributed by atoms with Gasteiger partial charge in [0, 0.05) is 23.1 Å². The standard InChI is InChI=1S/C23H23N3O6S/c1-22(2)18(19(28)32-13-16-6-4-3-5-7-16)25-20(29)23(14-27,21(25)33-22)24-12-15-8-10-17(11-9-15)26(30)31/h3-12,18,21,27H,13-14H2,1-2H3/b24-12+/t18-,21+,23?/m0/s1. The van der Waals surface area contributed by atoms with E-state index in [0.717, 1.165) is 5.56 Å². The highest BCUT2D eigenvalue weighted by molar-refractivity contribution is 8.01. The fraction of sp³-hybridized carbons (Fsp3) is 0.348. The van der Waals surface area contributed by atoms with Gasteiger partial charge >= 0.3 is 5.97 Å². The predicted molar refractivity (Wildman–Crippen MR) is 123 cm³/mol. The number of esters is 1. The second-order valence-electron chi connectivity index (χ2n) is 8.47. The van der Waals surface area contributed by atoms with Crippen molar-refractivity contribution in [1.29, 1.82) is 0 Å². The topological polar surface area (TPSA) is 122 Å². The number of non-ortho nitro benzene ring substituents is 1. The molecule has 2 aromatic rings. The first-order chi connectivity index (χ1) is 15.7. The Bertz CT molecular complexity index is 1100. The molecule has 0 aliphatic carbocycles. The summed E-state index contributed by atoms with van der Waals surface area (Å²) >= 11 is 1.39. The number of rotatable bonds is 7. The number of hydrogen-bond acceptors (Lipinski definition) is 8. The third-order valence-electron chi connectivity index (χ3n) is 5.85. The number of nitro benzene ring substituents is 1. The van der Waals surface area contributed by atoms with Gasteiger partial charge in [-0.15, -0.1) is 11.8 Å². The average Bonchev–Trinajstić information content (AvgIpc) is 3.07. The maximum atomic E-state index is 13.2. The Morgan fingerprint density at radius 2 is 1.91 bits per heavy atom. The van der Waals surface area contributed by atoms with Gasteiger partial charge in [0.25, 0.3) is 11.6 Å². The van der Waals surface area contributed by atoms with Crippen molar-refractivity contribution < 1.29 is 24.4 Å². The Labute approximate surface area is 194 Å². The fourth-order valence-electron chi connectivity index (χ4n) is 4.08. The summed E-state index contributed by atoms with van der Waals surface area (Å²) in [4.78, 5) is 42.3. The second kappa shape index (κ2) is 8.60. The van der Waals surface area contributed by atoms with Gasteiger partial charge in [0.15, 0.2) is 5.54 Å². The number of carbonyl (C=O) groups excluding carboxylic acids is 2. The molecule has 0 saturated carbocycles. The summed E-state index contributed by atoms with van der Waals surface area (Å²) in [6, 6.07) is 14.2. The largest absolute Gasteiger partial charge is 0.459 e. The number of hydrogen-bond donors (Lipinski definition) is 1. The summed E-state index contributed by atoms with van der Waals surface area (Å²) in [5, 5.41) is 20.4. The van der Waals surface area contributed by atoms with Crippen LogP contribution in [0.25, 0.3) is 0 Å². The van der Waals surface area contributed by atoms with Crippen LogP contribution in [0.2, 0.25) is 0 Å². The quantitative estimate of drug-likeness (QED) is 0.217. The van der Waals surface area contributed by atoms with Gasteiger partial charge in [0.1, 0.15) is 18.0 Å². The van der Waals surface area contributed by atoms with Crippen LogP contribution in [0.5, 0.6) is 0 Å². The molecule has 1 N–H and O–H groups in total. The number of amides is 1. The molecule has 4 rings (SSSR count). The van der Waals surface area contributed by atoms with E-state index in [9.17, 15) is 24.8 Å². The van der Waals surface area contributed by atoms with Crippen molar-refractivity contribution in [2.75, 3.05) is 6.61 Å². The molecule has 3 atom stereocenters. The van der Waals surface area contributed by atoms with Crippen molar-refractivity contribution in [2.45, 2.75) is 42.2 Å². The van der Waals surface area contributed by atoms with Crippen molar-refractivity contribution in [3.63, 3.8) is 0 Å². The second-order valence-corrected chi connectivity index (χ2v) is 10.2. The number of aliphatic hydroxyl groups excluding tert-OH is 1. The Balaban J connectivity index is 1.52. The summed E-state index contributed by atoms with van der Waals surface area (Å²) < 4.78 is 4.86. The van der Waals surface area contributed by atoms with Gasteiger partial charge in [-0.1, -0.05) is 30.3 Å². The van der Waals surface area contributed by atoms with Crippen LogP contribution in [-0.2, 0) is 20.9 Å². The molecule has 2 heterocycles. The molecule has 2 aliphatic rings. The van der Waals surface area contributed by atoms with Gasteiger partial charge in [-0.25, -0.2) is 4.79 Å². The monoisotopic (exact) mass is 469 g/mol. The molecule has 1 amide bonds. The van der Waals surface area contributed by atoms with E-state index in [-0.39, 0.29) is 12.3 Å². The number of nitro groups is 1. The lowest BCUT2D eigenvalue weighted by Gasteiger charge is -2.49. The number of nitrogens with zero attached hydrogens (tertiary/aromatic N) is 3. The summed E-state index contributed by atoms with van der Waals surface area (Å²) in [6.07, 6.45) is 1.42. The molecule has 2 aromatic carbocycles. The van der Waals surface area contributed by atoms with E-state index in [1.807, 2.05) is 44.2 Å². The van der Waals surface area contributed by atoms with Gasteiger partial charge in [0.05, 0.1) is 11.5 Å². The third-order valence-corrected chi connectivity index (χ3v) is 7.53. The van der Waals surface area contributed by atoms with Gasteiger partial charge in [-0.3, -0.25) is 19.9 Å². The minimum Gasteiger partial charge on any atom is -0.459 e. The number of thioether (sulfide) groups is 1. The van der Waals surface area contributed by atoms with E-state index >= 15 is 0 Å². The average molecular weight is 470 g/mol. The SMILES string of the molecule is CC1(C)S[C@H]2N(C(=O)C2(CO)/N=C/c2ccc([N+](=O)[O-])cc2)[C@H]1C(=O)OCc1ccccc1. The Hall–Kier alpha value is -3.24. The number of aliphatic imine (C=N–C) groups is 1. The number of β-lactam (4-membered cyclic amide) rings is 1. The van der Waals surface area contributed by atoms with Gasteiger partial charge in [0.2, 0.25) is 0 Å². The summed E-state index contributed by atoms with van der Waals surface area (Å²) in [5.41, 5.74) is -0.0724. The van der Waals surface area contributed by atoms with E-state index in [2.05, 4.69) is 4.99 Å². The molecule has 0 aromatic heterocycles. The molecular weight excluding hydrogens is 446 g/mol. The van der Waals surface area contributed by atoms with E-state index in [1.54, 1.807) is 0 Å².